The minimum absolute atomic E-state index is 0.0961. The summed E-state index contributed by atoms with van der Waals surface area (Å²) in [4.78, 5) is 25.1. The van der Waals surface area contributed by atoms with E-state index in [4.69, 9.17) is 4.74 Å². The zero-order chi connectivity index (χ0) is 14.2. The highest BCUT2D eigenvalue weighted by atomic mass is 16.6. The Bertz CT molecular complexity index is 370. The second-order valence-corrected chi connectivity index (χ2v) is 6.60. The smallest absolute Gasteiger partial charge is 0.411 e. The Morgan fingerprint density at radius 3 is 2.32 bits per heavy atom. The van der Waals surface area contributed by atoms with Gasteiger partial charge < -0.3 is 9.84 Å². The third-order valence-electron chi connectivity index (χ3n) is 3.79. The Hall–Kier alpha value is -1.26. The number of hydrogen-bond acceptors (Lipinski definition) is 3. The van der Waals surface area contributed by atoms with Gasteiger partial charge in [0.1, 0.15) is 11.6 Å². The molecule has 0 radical (unpaired) electrons. The van der Waals surface area contributed by atoms with Crippen molar-refractivity contribution < 1.29 is 19.4 Å². The van der Waals surface area contributed by atoms with Gasteiger partial charge in [-0.2, -0.15) is 0 Å². The lowest BCUT2D eigenvalue weighted by atomic mass is 9.85. The van der Waals surface area contributed by atoms with Crippen LogP contribution < -0.4 is 0 Å². The van der Waals surface area contributed by atoms with Gasteiger partial charge in [0.05, 0.1) is 0 Å². The Kier molecular flexibility index (Phi) is 3.74. The van der Waals surface area contributed by atoms with Crippen LogP contribution in [0.15, 0.2) is 0 Å². The van der Waals surface area contributed by atoms with Crippen molar-refractivity contribution in [3.63, 3.8) is 0 Å². The summed E-state index contributed by atoms with van der Waals surface area (Å²) >= 11 is 0. The summed E-state index contributed by atoms with van der Waals surface area (Å²) in [5.41, 5.74) is -0.591. The number of hydrogen-bond donors (Lipinski definition) is 1. The van der Waals surface area contributed by atoms with Gasteiger partial charge in [-0.05, 0) is 58.3 Å². The molecule has 1 heterocycles. The number of amides is 1. The van der Waals surface area contributed by atoms with E-state index < -0.39 is 23.7 Å². The highest BCUT2D eigenvalue weighted by Gasteiger charge is 2.47. The maximum absolute atomic E-state index is 12.2. The average molecular weight is 269 g/mol. The highest BCUT2D eigenvalue weighted by molar-refractivity contribution is 5.81. The Morgan fingerprint density at radius 1 is 1.21 bits per heavy atom. The zero-order valence-electron chi connectivity index (χ0n) is 11.9. The Morgan fingerprint density at radius 2 is 1.84 bits per heavy atom. The predicted molar refractivity (Wildman–Crippen MR) is 69.8 cm³/mol. The summed E-state index contributed by atoms with van der Waals surface area (Å²) in [5, 5.41) is 9.45. The first kappa shape index (κ1) is 14.2. The van der Waals surface area contributed by atoms with Crippen LogP contribution in [-0.2, 0) is 9.53 Å². The third kappa shape index (κ3) is 3.39. The van der Waals surface area contributed by atoms with Crippen molar-refractivity contribution in [1.29, 1.82) is 0 Å². The number of rotatable bonds is 2. The summed E-state index contributed by atoms with van der Waals surface area (Å²) in [6.45, 7) is 5.87. The molecule has 5 nitrogen and oxygen atoms in total. The van der Waals surface area contributed by atoms with Crippen LogP contribution in [0.3, 0.4) is 0 Å². The fraction of sp³-hybridized carbons (Fsp3) is 0.857. The second kappa shape index (κ2) is 5.02. The summed E-state index contributed by atoms with van der Waals surface area (Å²) < 4.78 is 5.33. The zero-order valence-corrected chi connectivity index (χ0v) is 11.9. The Balaban J connectivity index is 2.12. The molecule has 2 rings (SSSR count). The molecule has 5 heteroatoms. The number of carboxylic acids is 1. The number of nitrogens with zero attached hydrogens (tertiary/aromatic N) is 1. The molecule has 2 fully saturated rings. The molecule has 0 bridgehead atoms. The summed E-state index contributed by atoms with van der Waals surface area (Å²) in [6.07, 6.45) is 3.46. The molecule has 2 atom stereocenters. The second-order valence-electron chi connectivity index (χ2n) is 6.60. The molecular weight excluding hydrogens is 246 g/mol. The van der Waals surface area contributed by atoms with Crippen molar-refractivity contribution in [2.24, 2.45) is 11.8 Å². The van der Waals surface area contributed by atoms with Gasteiger partial charge in [-0.3, -0.25) is 4.90 Å². The lowest BCUT2D eigenvalue weighted by Gasteiger charge is -2.39. The molecule has 1 amide bonds. The van der Waals surface area contributed by atoms with E-state index in [2.05, 4.69) is 0 Å². The van der Waals surface area contributed by atoms with Gasteiger partial charge in [0, 0.05) is 6.54 Å². The molecule has 1 aliphatic heterocycles. The molecule has 1 aliphatic carbocycles. The van der Waals surface area contributed by atoms with Crippen LogP contribution in [0.5, 0.6) is 0 Å². The van der Waals surface area contributed by atoms with E-state index in [1.54, 1.807) is 20.8 Å². The van der Waals surface area contributed by atoms with Gasteiger partial charge in [0.15, 0.2) is 0 Å². The first-order valence-corrected chi connectivity index (χ1v) is 7.02. The van der Waals surface area contributed by atoms with E-state index in [9.17, 15) is 14.7 Å². The van der Waals surface area contributed by atoms with Crippen molar-refractivity contribution in [2.75, 3.05) is 6.54 Å². The number of aliphatic carboxylic acids is 1. The molecular formula is C14H23NO4. The maximum atomic E-state index is 12.2. The minimum atomic E-state index is -0.901. The van der Waals surface area contributed by atoms with E-state index in [0.29, 0.717) is 12.5 Å². The van der Waals surface area contributed by atoms with Crippen LogP contribution in [-0.4, -0.2) is 40.3 Å². The molecule has 0 aromatic heterocycles. The molecule has 0 unspecified atom stereocenters. The standard InChI is InChI=1S/C14H23NO4/c1-14(2,3)19-13(18)15-8-4-5-10(9-6-7-9)11(15)12(16)17/h9-11H,4-8H2,1-3H3,(H,16,17)/t10-,11+/m0/s1. The quantitative estimate of drug-likeness (QED) is 0.836. The van der Waals surface area contributed by atoms with Gasteiger partial charge >= 0.3 is 12.1 Å². The molecule has 2 aliphatic rings. The van der Waals surface area contributed by atoms with Crippen molar-refractivity contribution in [2.45, 2.75) is 58.1 Å². The van der Waals surface area contributed by atoms with Crippen LogP contribution in [0, 0.1) is 11.8 Å². The molecule has 0 aromatic carbocycles. The first-order chi connectivity index (χ1) is 8.79. The third-order valence-corrected chi connectivity index (χ3v) is 3.79. The summed E-state index contributed by atoms with van der Waals surface area (Å²) in [7, 11) is 0. The van der Waals surface area contributed by atoms with Gasteiger partial charge in [0.25, 0.3) is 0 Å². The fourth-order valence-corrected chi connectivity index (χ4v) is 2.89. The monoisotopic (exact) mass is 269 g/mol. The van der Waals surface area contributed by atoms with Crippen molar-refractivity contribution >= 4 is 12.1 Å². The van der Waals surface area contributed by atoms with Crippen LogP contribution in [0.4, 0.5) is 4.79 Å². The maximum Gasteiger partial charge on any atom is 0.411 e. The topological polar surface area (TPSA) is 66.8 Å². The van der Waals surface area contributed by atoms with E-state index in [1.807, 2.05) is 0 Å². The molecule has 1 N–H and O–H groups in total. The largest absolute Gasteiger partial charge is 0.480 e. The number of piperidine rings is 1. The summed E-state index contributed by atoms with van der Waals surface area (Å²) in [6, 6.07) is -0.712. The van der Waals surface area contributed by atoms with Crippen LogP contribution in [0.25, 0.3) is 0 Å². The lowest BCUT2D eigenvalue weighted by Crippen LogP contribution is -2.54. The average Bonchev–Trinajstić information content (AvgIpc) is 3.09. The molecule has 1 saturated heterocycles. The number of carbonyl (C=O) groups is 2. The highest BCUT2D eigenvalue weighted by Crippen LogP contribution is 2.44. The number of ether oxygens (including phenoxy) is 1. The van der Waals surface area contributed by atoms with Crippen LogP contribution in [0.2, 0.25) is 0 Å². The van der Waals surface area contributed by atoms with E-state index in [-0.39, 0.29) is 5.92 Å². The van der Waals surface area contributed by atoms with Gasteiger partial charge in [-0.15, -0.1) is 0 Å². The number of carboxylic acid groups (broad SMARTS) is 1. The molecule has 0 spiro atoms. The van der Waals surface area contributed by atoms with E-state index in [1.165, 1.54) is 4.90 Å². The van der Waals surface area contributed by atoms with E-state index in [0.717, 1.165) is 25.7 Å². The number of carbonyl (C=O) groups excluding carboxylic acids is 1. The van der Waals surface area contributed by atoms with Crippen LogP contribution >= 0.6 is 0 Å². The van der Waals surface area contributed by atoms with Gasteiger partial charge in [0.2, 0.25) is 0 Å². The van der Waals surface area contributed by atoms with Crippen LogP contribution in [0.1, 0.15) is 46.5 Å². The summed E-state index contributed by atoms with van der Waals surface area (Å²) in [5.74, 6) is -0.326. The lowest BCUT2D eigenvalue weighted by molar-refractivity contribution is -0.147. The molecule has 1 saturated carbocycles. The fourth-order valence-electron chi connectivity index (χ4n) is 2.89. The van der Waals surface area contributed by atoms with Crippen molar-refractivity contribution in [3.8, 4) is 0 Å². The van der Waals surface area contributed by atoms with Gasteiger partial charge in [-0.25, -0.2) is 9.59 Å². The van der Waals surface area contributed by atoms with Crippen molar-refractivity contribution in [1.82, 2.24) is 4.90 Å². The number of likely N-dealkylation sites (tertiary alicyclic amines) is 1. The molecule has 0 aromatic rings. The normalized spacial score (nSPS) is 28.1. The minimum Gasteiger partial charge on any atom is -0.480 e. The predicted octanol–water partition coefficient (Wildman–Crippen LogP) is 2.50. The molecule has 108 valence electrons. The van der Waals surface area contributed by atoms with E-state index >= 15 is 0 Å². The SMILES string of the molecule is CC(C)(C)OC(=O)N1CCC[C@@H](C2CC2)[C@@H]1C(=O)O. The Labute approximate surface area is 113 Å². The van der Waals surface area contributed by atoms with Crippen molar-refractivity contribution in [3.05, 3.63) is 0 Å². The molecule has 19 heavy (non-hydrogen) atoms. The van der Waals surface area contributed by atoms with Gasteiger partial charge in [-0.1, -0.05) is 0 Å². The first-order valence-electron chi connectivity index (χ1n) is 7.02.